The Balaban J connectivity index is 2.15. The molecule has 0 saturated heterocycles. The van der Waals surface area contributed by atoms with Crippen molar-refractivity contribution in [3.8, 4) is 0 Å². The van der Waals surface area contributed by atoms with Gasteiger partial charge in [0, 0.05) is 18.8 Å². The van der Waals surface area contributed by atoms with E-state index in [1.54, 1.807) is 19.1 Å². The summed E-state index contributed by atoms with van der Waals surface area (Å²) in [5.41, 5.74) is -4.90. The Bertz CT molecular complexity index is 884. The van der Waals surface area contributed by atoms with Crippen molar-refractivity contribution >= 4 is 11.7 Å². The molecule has 31 heavy (non-hydrogen) atoms. The Labute approximate surface area is 174 Å². The molecule has 0 spiro atoms. The molecular formula is C20H21F6N3O2. The third kappa shape index (κ3) is 6.27. The van der Waals surface area contributed by atoms with Gasteiger partial charge in [-0.1, -0.05) is 24.3 Å². The maximum atomic E-state index is 13.6. The molecule has 4 N–H and O–H groups in total. The number of carbonyl (C=O) groups excluding carboxylic acids is 1. The molecule has 2 aromatic rings. The van der Waals surface area contributed by atoms with Crippen molar-refractivity contribution in [2.45, 2.75) is 31.4 Å². The van der Waals surface area contributed by atoms with Crippen molar-refractivity contribution in [2.75, 3.05) is 18.4 Å². The van der Waals surface area contributed by atoms with E-state index in [1.807, 2.05) is 0 Å². The predicted octanol–water partition coefficient (Wildman–Crippen LogP) is 4.39. The van der Waals surface area contributed by atoms with Crippen LogP contribution in [0.15, 0.2) is 48.5 Å². The zero-order valence-electron chi connectivity index (χ0n) is 16.4. The van der Waals surface area contributed by atoms with Crippen LogP contribution < -0.4 is 16.0 Å². The minimum absolute atomic E-state index is 0.183. The Morgan fingerprint density at radius 2 is 1.55 bits per heavy atom. The number of urea groups is 1. The number of hydrogen-bond acceptors (Lipinski definition) is 3. The van der Waals surface area contributed by atoms with Crippen molar-refractivity contribution in [3.05, 3.63) is 65.2 Å². The SMILES string of the molecule is CCNC(=O)NCc1ccc(NC[C@@](O)(c2cccc(C(F)(F)F)c2)C(F)(F)F)cc1. The largest absolute Gasteiger partial charge is 0.423 e. The van der Waals surface area contributed by atoms with Crippen molar-refractivity contribution in [1.82, 2.24) is 10.6 Å². The summed E-state index contributed by atoms with van der Waals surface area (Å²) in [5, 5.41) is 17.8. The number of rotatable bonds is 7. The first-order valence-corrected chi connectivity index (χ1v) is 9.18. The Hall–Kier alpha value is -2.95. The smallest absolute Gasteiger partial charge is 0.381 e. The van der Waals surface area contributed by atoms with E-state index in [2.05, 4.69) is 16.0 Å². The highest BCUT2D eigenvalue weighted by atomic mass is 19.4. The topological polar surface area (TPSA) is 73.4 Å². The number of halogens is 6. The lowest BCUT2D eigenvalue weighted by Gasteiger charge is -2.32. The van der Waals surface area contributed by atoms with Gasteiger partial charge in [-0.25, -0.2) is 4.79 Å². The van der Waals surface area contributed by atoms with Gasteiger partial charge < -0.3 is 21.1 Å². The second-order valence-corrected chi connectivity index (χ2v) is 6.70. The molecule has 2 amide bonds. The third-order valence-corrected chi connectivity index (χ3v) is 4.43. The van der Waals surface area contributed by atoms with Crippen LogP contribution in [0.4, 0.5) is 36.8 Å². The molecule has 0 aliphatic heterocycles. The molecule has 11 heteroatoms. The molecule has 2 rings (SSSR count). The number of nitrogens with one attached hydrogen (secondary N) is 3. The maximum Gasteiger partial charge on any atom is 0.423 e. The molecule has 0 aromatic heterocycles. The molecule has 0 bridgehead atoms. The Morgan fingerprint density at radius 3 is 2.10 bits per heavy atom. The monoisotopic (exact) mass is 449 g/mol. The van der Waals surface area contributed by atoms with E-state index >= 15 is 0 Å². The minimum atomic E-state index is -5.24. The molecule has 0 heterocycles. The van der Waals surface area contributed by atoms with Crippen LogP contribution in [-0.4, -0.2) is 30.4 Å². The second kappa shape index (κ2) is 9.46. The van der Waals surface area contributed by atoms with Crippen LogP contribution in [0, 0.1) is 0 Å². The molecule has 0 fully saturated rings. The summed E-state index contributed by atoms with van der Waals surface area (Å²) in [5.74, 6) is 0. The van der Waals surface area contributed by atoms with Gasteiger partial charge in [0.2, 0.25) is 5.60 Å². The van der Waals surface area contributed by atoms with Gasteiger partial charge >= 0.3 is 18.4 Å². The number of anilines is 1. The van der Waals surface area contributed by atoms with Gasteiger partial charge in [-0.15, -0.1) is 0 Å². The summed E-state index contributed by atoms with van der Waals surface area (Å²) in [4.78, 5) is 11.4. The van der Waals surface area contributed by atoms with Crippen molar-refractivity contribution in [2.24, 2.45) is 0 Å². The van der Waals surface area contributed by atoms with Gasteiger partial charge in [-0.2, -0.15) is 26.3 Å². The average molecular weight is 449 g/mol. The maximum absolute atomic E-state index is 13.6. The van der Waals surface area contributed by atoms with Gasteiger partial charge in [0.25, 0.3) is 0 Å². The number of alkyl halides is 6. The van der Waals surface area contributed by atoms with Crippen LogP contribution in [0.2, 0.25) is 0 Å². The van der Waals surface area contributed by atoms with E-state index in [0.717, 1.165) is 12.1 Å². The van der Waals surface area contributed by atoms with Crippen molar-refractivity contribution in [3.63, 3.8) is 0 Å². The molecule has 170 valence electrons. The number of benzene rings is 2. The van der Waals surface area contributed by atoms with E-state index in [4.69, 9.17) is 0 Å². The highest BCUT2D eigenvalue weighted by Crippen LogP contribution is 2.41. The Morgan fingerprint density at radius 1 is 0.935 bits per heavy atom. The number of amides is 2. The van der Waals surface area contributed by atoms with Crippen LogP contribution in [0.3, 0.4) is 0 Å². The zero-order valence-corrected chi connectivity index (χ0v) is 16.4. The van der Waals surface area contributed by atoms with Crippen molar-refractivity contribution in [1.29, 1.82) is 0 Å². The predicted molar refractivity (Wildman–Crippen MR) is 102 cm³/mol. The lowest BCUT2D eigenvalue weighted by atomic mass is 9.91. The van der Waals surface area contributed by atoms with Crippen LogP contribution >= 0.6 is 0 Å². The van der Waals surface area contributed by atoms with E-state index in [0.29, 0.717) is 18.2 Å². The fourth-order valence-corrected chi connectivity index (χ4v) is 2.69. The van der Waals surface area contributed by atoms with Gasteiger partial charge in [-0.05, 0) is 42.3 Å². The van der Waals surface area contributed by atoms with Gasteiger partial charge in [0.15, 0.2) is 0 Å². The fraction of sp³-hybridized carbons (Fsp3) is 0.350. The fourth-order valence-electron chi connectivity index (χ4n) is 2.69. The number of hydrogen-bond donors (Lipinski definition) is 4. The average Bonchev–Trinajstić information content (AvgIpc) is 2.70. The molecule has 0 aliphatic rings. The Kier molecular flexibility index (Phi) is 7.42. The summed E-state index contributed by atoms with van der Waals surface area (Å²) >= 11 is 0. The van der Waals surface area contributed by atoms with Gasteiger partial charge in [0.1, 0.15) is 0 Å². The molecule has 1 atom stereocenters. The molecule has 2 aromatic carbocycles. The first-order valence-electron chi connectivity index (χ1n) is 9.18. The van der Waals surface area contributed by atoms with E-state index in [9.17, 15) is 36.2 Å². The van der Waals surface area contributed by atoms with Crippen LogP contribution in [0.5, 0.6) is 0 Å². The summed E-state index contributed by atoms with van der Waals surface area (Å²) in [7, 11) is 0. The van der Waals surface area contributed by atoms with Crippen molar-refractivity contribution < 1.29 is 36.2 Å². The summed E-state index contributed by atoms with van der Waals surface area (Å²) in [6.07, 6.45) is -10.1. The van der Waals surface area contributed by atoms with E-state index < -0.39 is 35.6 Å². The summed E-state index contributed by atoms with van der Waals surface area (Å²) < 4.78 is 79.5. The highest BCUT2D eigenvalue weighted by Gasteiger charge is 2.55. The first-order chi connectivity index (χ1) is 14.4. The number of aliphatic hydroxyl groups is 1. The van der Waals surface area contributed by atoms with E-state index in [1.165, 1.54) is 12.1 Å². The third-order valence-electron chi connectivity index (χ3n) is 4.43. The highest BCUT2D eigenvalue weighted by molar-refractivity contribution is 5.73. The van der Waals surface area contributed by atoms with Crippen LogP contribution in [0.1, 0.15) is 23.6 Å². The molecule has 0 unspecified atom stereocenters. The van der Waals surface area contributed by atoms with Gasteiger partial charge in [0.05, 0.1) is 12.1 Å². The van der Waals surface area contributed by atoms with E-state index in [-0.39, 0.29) is 24.3 Å². The molecular weight excluding hydrogens is 428 g/mol. The molecule has 0 radical (unpaired) electrons. The second-order valence-electron chi connectivity index (χ2n) is 6.70. The standard InChI is InChI=1S/C20H21F6N3O2/c1-2-27-17(30)28-11-13-6-8-16(9-7-13)29-12-18(31,20(24,25)26)14-4-3-5-15(10-14)19(21,22)23/h3-10,29,31H,2,11-12H2,1H3,(H2,27,28,30)/t18-/m1/s1. The molecule has 0 aliphatic carbocycles. The first kappa shape index (κ1) is 24.3. The summed E-state index contributed by atoms with van der Waals surface area (Å²) in [6, 6.07) is 8.09. The quantitative estimate of drug-likeness (QED) is 0.474. The normalized spacial score (nSPS) is 13.9. The lowest BCUT2D eigenvalue weighted by Crippen LogP contribution is -2.47. The minimum Gasteiger partial charge on any atom is -0.381 e. The molecule has 0 saturated carbocycles. The van der Waals surface area contributed by atoms with Gasteiger partial charge in [-0.3, -0.25) is 0 Å². The van der Waals surface area contributed by atoms with Crippen LogP contribution in [-0.2, 0) is 18.3 Å². The van der Waals surface area contributed by atoms with Crippen LogP contribution in [0.25, 0.3) is 0 Å². The summed E-state index contributed by atoms with van der Waals surface area (Å²) in [6.45, 7) is 1.28. The molecule has 5 nitrogen and oxygen atoms in total. The lowest BCUT2D eigenvalue weighted by molar-refractivity contribution is -0.260. The number of carbonyl (C=O) groups is 1. The zero-order chi connectivity index (χ0) is 23.3.